The zero-order chi connectivity index (χ0) is 15.5. The van der Waals surface area contributed by atoms with E-state index in [0.29, 0.717) is 12.1 Å². The summed E-state index contributed by atoms with van der Waals surface area (Å²) >= 11 is 0. The number of carboxylic acids is 1. The summed E-state index contributed by atoms with van der Waals surface area (Å²) in [7, 11) is 0. The number of alkyl halides is 3. The van der Waals surface area contributed by atoms with E-state index < -0.39 is 41.0 Å². The highest BCUT2D eigenvalue weighted by molar-refractivity contribution is 5.89. The van der Waals surface area contributed by atoms with Gasteiger partial charge in [-0.15, -0.1) is 0 Å². The van der Waals surface area contributed by atoms with Crippen LogP contribution in [0.5, 0.6) is 0 Å². The molecule has 5 N–H and O–H groups in total. The molecule has 1 aromatic carbocycles. The third kappa shape index (κ3) is 3.69. The van der Waals surface area contributed by atoms with Gasteiger partial charge in [-0.25, -0.2) is 4.79 Å². The SMILES string of the molecule is NCCC(O)C(O)c1cc(C(F)(F)F)ccc1C(=O)O. The van der Waals surface area contributed by atoms with Gasteiger partial charge >= 0.3 is 12.1 Å². The van der Waals surface area contributed by atoms with Crippen molar-refractivity contribution in [2.24, 2.45) is 5.73 Å². The lowest BCUT2D eigenvalue weighted by atomic mass is 9.95. The van der Waals surface area contributed by atoms with Crippen LogP contribution >= 0.6 is 0 Å². The van der Waals surface area contributed by atoms with Gasteiger partial charge in [0.15, 0.2) is 0 Å². The standard InChI is InChI=1S/C12H14F3NO4/c13-12(14,15)6-1-2-7(11(19)20)8(5-6)10(18)9(17)3-4-16/h1-2,5,9-10,17-18H,3-4,16H2,(H,19,20). The molecule has 0 fully saturated rings. The molecule has 0 aromatic heterocycles. The van der Waals surface area contributed by atoms with Crippen molar-refractivity contribution in [2.45, 2.75) is 24.8 Å². The zero-order valence-corrected chi connectivity index (χ0v) is 10.3. The van der Waals surface area contributed by atoms with Crippen molar-refractivity contribution in [3.63, 3.8) is 0 Å². The maximum Gasteiger partial charge on any atom is 0.416 e. The maximum atomic E-state index is 12.6. The number of nitrogens with two attached hydrogens (primary N) is 1. The normalized spacial score (nSPS) is 14.9. The van der Waals surface area contributed by atoms with E-state index in [2.05, 4.69) is 0 Å². The first-order valence-electron chi connectivity index (χ1n) is 5.69. The van der Waals surface area contributed by atoms with Gasteiger partial charge in [0.25, 0.3) is 0 Å². The molecule has 20 heavy (non-hydrogen) atoms. The molecule has 112 valence electrons. The van der Waals surface area contributed by atoms with Crippen molar-refractivity contribution in [3.05, 3.63) is 34.9 Å². The predicted octanol–water partition coefficient (Wildman–Crippen LogP) is 1.15. The van der Waals surface area contributed by atoms with Gasteiger partial charge in [-0.1, -0.05) is 0 Å². The van der Waals surface area contributed by atoms with E-state index in [9.17, 15) is 28.2 Å². The highest BCUT2D eigenvalue weighted by Crippen LogP contribution is 2.33. The van der Waals surface area contributed by atoms with Crippen molar-refractivity contribution < 1.29 is 33.3 Å². The summed E-state index contributed by atoms with van der Waals surface area (Å²) in [6, 6.07) is 1.88. The quantitative estimate of drug-likeness (QED) is 0.652. The molecular formula is C12H14F3NO4. The first-order chi connectivity index (χ1) is 9.18. The predicted molar refractivity (Wildman–Crippen MR) is 63.0 cm³/mol. The number of aromatic carboxylic acids is 1. The minimum Gasteiger partial charge on any atom is -0.478 e. The highest BCUT2D eigenvalue weighted by Gasteiger charge is 2.33. The van der Waals surface area contributed by atoms with Crippen molar-refractivity contribution in [1.29, 1.82) is 0 Å². The van der Waals surface area contributed by atoms with Crippen LogP contribution in [0.4, 0.5) is 13.2 Å². The molecule has 0 aliphatic rings. The van der Waals surface area contributed by atoms with Gasteiger partial charge in [0.1, 0.15) is 6.10 Å². The molecule has 0 aliphatic carbocycles. The van der Waals surface area contributed by atoms with Gasteiger partial charge in [-0.05, 0) is 36.7 Å². The van der Waals surface area contributed by atoms with Crippen molar-refractivity contribution >= 4 is 5.97 Å². The fourth-order valence-electron chi connectivity index (χ4n) is 1.71. The Morgan fingerprint density at radius 3 is 2.35 bits per heavy atom. The summed E-state index contributed by atoms with van der Waals surface area (Å²) in [5.41, 5.74) is 3.08. The number of aliphatic hydroxyl groups excluding tert-OH is 2. The minimum absolute atomic E-state index is 0.000404. The summed E-state index contributed by atoms with van der Waals surface area (Å²) in [5.74, 6) is -1.49. The second-order valence-corrected chi connectivity index (χ2v) is 4.19. The smallest absolute Gasteiger partial charge is 0.416 e. The largest absolute Gasteiger partial charge is 0.478 e. The fourth-order valence-corrected chi connectivity index (χ4v) is 1.71. The van der Waals surface area contributed by atoms with Crippen molar-refractivity contribution in [3.8, 4) is 0 Å². The Morgan fingerprint density at radius 1 is 1.30 bits per heavy atom. The summed E-state index contributed by atoms with van der Waals surface area (Å²) in [5, 5.41) is 28.3. The molecule has 0 aliphatic heterocycles. The lowest BCUT2D eigenvalue weighted by Gasteiger charge is -2.20. The van der Waals surface area contributed by atoms with Crippen LogP contribution in [0, 0.1) is 0 Å². The molecule has 8 heteroatoms. The monoisotopic (exact) mass is 293 g/mol. The first-order valence-corrected chi connectivity index (χ1v) is 5.69. The average Bonchev–Trinajstić information content (AvgIpc) is 2.36. The van der Waals surface area contributed by atoms with Gasteiger partial charge < -0.3 is 21.1 Å². The van der Waals surface area contributed by atoms with Crippen LogP contribution in [0.25, 0.3) is 0 Å². The molecule has 5 nitrogen and oxygen atoms in total. The van der Waals surface area contributed by atoms with Crippen molar-refractivity contribution in [2.75, 3.05) is 6.54 Å². The second-order valence-electron chi connectivity index (χ2n) is 4.19. The van der Waals surface area contributed by atoms with E-state index in [1.54, 1.807) is 0 Å². The number of hydrogen-bond donors (Lipinski definition) is 4. The molecule has 0 amide bonds. The fraction of sp³-hybridized carbons (Fsp3) is 0.417. The molecule has 2 atom stereocenters. The van der Waals surface area contributed by atoms with E-state index in [1.807, 2.05) is 0 Å². The van der Waals surface area contributed by atoms with Crippen LogP contribution in [0.2, 0.25) is 0 Å². The van der Waals surface area contributed by atoms with E-state index in [4.69, 9.17) is 10.8 Å². The summed E-state index contributed by atoms with van der Waals surface area (Å²) in [6.07, 6.45) is -7.95. The summed E-state index contributed by atoms with van der Waals surface area (Å²) in [6.45, 7) is -0.000404. The van der Waals surface area contributed by atoms with E-state index >= 15 is 0 Å². The Kier molecular flexibility index (Phi) is 5.09. The van der Waals surface area contributed by atoms with Crippen LogP contribution in [0.3, 0.4) is 0 Å². The lowest BCUT2D eigenvalue weighted by molar-refractivity contribution is -0.137. The topological polar surface area (TPSA) is 104 Å². The molecule has 0 heterocycles. The number of benzene rings is 1. The van der Waals surface area contributed by atoms with Crippen LogP contribution in [-0.2, 0) is 6.18 Å². The molecule has 0 spiro atoms. The van der Waals surface area contributed by atoms with E-state index in [1.165, 1.54) is 0 Å². The number of halogens is 3. The van der Waals surface area contributed by atoms with Crippen LogP contribution in [-0.4, -0.2) is 33.9 Å². The number of hydrogen-bond acceptors (Lipinski definition) is 4. The van der Waals surface area contributed by atoms with Crippen LogP contribution in [0.15, 0.2) is 18.2 Å². The zero-order valence-electron chi connectivity index (χ0n) is 10.3. The van der Waals surface area contributed by atoms with Crippen molar-refractivity contribution in [1.82, 2.24) is 0 Å². The second kappa shape index (κ2) is 6.21. The Balaban J connectivity index is 3.28. The Hall–Kier alpha value is -1.64. The van der Waals surface area contributed by atoms with Gasteiger partial charge in [0, 0.05) is 0 Å². The third-order valence-electron chi connectivity index (χ3n) is 2.75. The number of aliphatic hydroxyl groups is 2. The number of carboxylic acid groups (broad SMARTS) is 1. The van der Waals surface area contributed by atoms with Gasteiger partial charge in [-0.3, -0.25) is 0 Å². The molecule has 0 radical (unpaired) electrons. The molecule has 0 saturated carbocycles. The Morgan fingerprint density at radius 2 is 1.90 bits per heavy atom. The molecule has 0 bridgehead atoms. The van der Waals surface area contributed by atoms with Gasteiger partial charge in [-0.2, -0.15) is 13.2 Å². The summed E-state index contributed by atoms with van der Waals surface area (Å²) < 4.78 is 37.8. The highest BCUT2D eigenvalue weighted by atomic mass is 19.4. The van der Waals surface area contributed by atoms with Gasteiger partial charge in [0.2, 0.25) is 0 Å². The third-order valence-corrected chi connectivity index (χ3v) is 2.75. The summed E-state index contributed by atoms with van der Waals surface area (Å²) in [4.78, 5) is 11.0. The van der Waals surface area contributed by atoms with Crippen LogP contribution in [0.1, 0.15) is 34.0 Å². The molecule has 2 unspecified atom stereocenters. The number of rotatable bonds is 5. The maximum absolute atomic E-state index is 12.6. The number of carbonyl (C=O) groups is 1. The first kappa shape index (κ1) is 16.4. The lowest BCUT2D eigenvalue weighted by Crippen LogP contribution is -2.24. The molecule has 1 rings (SSSR count). The molecular weight excluding hydrogens is 279 g/mol. The van der Waals surface area contributed by atoms with E-state index in [-0.39, 0.29) is 13.0 Å². The molecule has 0 saturated heterocycles. The minimum atomic E-state index is -4.68. The average molecular weight is 293 g/mol. The van der Waals surface area contributed by atoms with Gasteiger partial charge in [0.05, 0.1) is 17.2 Å². The molecule has 1 aromatic rings. The Bertz CT molecular complexity index is 490. The van der Waals surface area contributed by atoms with Crippen LogP contribution < -0.4 is 5.73 Å². The van der Waals surface area contributed by atoms with E-state index in [0.717, 1.165) is 6.07 Å². The Labute approximate surface area is 112 Å².